The zero-order valence-electron chi connectivity index (χ0n) is 16.1. The molecule has 138 valence electrons. The van der Waals surface area contributed by atoms with Crippen molar-refractivity contribution in [3.8, 4) is 0 Å². The van der Waals surface area contributed by atoms with Crippen LogP contribution in [0.15, 0.2) is 66.9 Å². The lowest BCUT2D eigenvalue weighted by Crippen LogP contribution is -2.23. The van der Waals surface area contributed by atoms with E-state index < -0.39 is 0 Å². The summed E-state index contributed by atoms with van der Waals surface area (Å²) in [6.07, 6.45) is 11.5. The summed E-state index contributed by atoms with van der Waals surface area (Å²) in [6.45, 7) is 0. The van der Waals surface area contributed by atoms with E-state index in [4.69, 9.17) is 0 Å². The van der Waals surface area contributed by atoms with Gasteiger partial charge in [-0.15, -0.1) is 0 Å². The summed E-state index contributed by atoms with van der Waals surface area (Å²) in [6, 6.07) is 22.2. The Kier molecular flexibility index (Phi) is 4.69. The average molecular weight is 356 g/mol. The van der Waals surface area contributed by atoms with Crippen molar-refractivity contribution in [2.75, 3.05) is 0 Å². The Balaban J connectivity index is 1.40. The molecule has 0 aliphatic heterocycles. The van der Waals surface area contributed by atoms with Gasteiger partial charge in [0.25, 0.3) is 0 Å². The van der Waals surface area contributed by atoms with Crippen LogP contribution in [-0.4, -0.2) is 4.98 Å². The van der Waals surface area contributed by atoms with Crippen molar-refractivity contribution in [3.63, 3.8) is 0 Å². The molecule has 1 aromatic heterocycles. The average Bonchev–Trinajstić information content (AvgIpc) is 3.07. The van der Waals surface area contributed by atoms with Crippen LogP contribution in [0.25, 0.3) is 10.8 Å². The SMILES string of the molecule is c1ccc(CC2CC(Cc3cccc4ccccc34)C3CCCCC23)nc1. The molecule has 2 aromatic carbocycles. The number of rotatable bonds is 4. The molecular weight excluding hydrogens is 326 g/mol. The Morgan fingerprint density at radius 2 is 1.48 bits per heavy atom. The third-order valence-corrected chi connectivity index (χ3v) is 7.25. The van der Waals surface area contributed by atoms with E-state index in [0.29, 0.717) is 0 Å². The number of pyridine rings is 1. The van der Waals surface area contributed by atoms with Gasteiger partial charge in [-0.1, -0.05) is 61.4 Å². The molecule has 4 unspecified atom stereocenters. The summed E-state index contributed by atoms with van der Waals surface area (Å²) in [5.74, 6) is 3.51. The molecule has 2 aliphatic rings. The molecule has 0 amide bonds. The third kappa shape index (κ3) is 3.40. The van der Waals surface area contributed by atoms with Gasteiger partial charge in [-0.2, -0.15) is 0 Å². The predicted molar refractivity (Wildman–Crippen MR) is 113 cm³/mol. The van der Waals surface area contributed by atoms with E-state index in [-0.39, 0.29) is 0 Å². The topological polar surface area (TPSA) is 12.9 Å². The second-order valence-electron chi connectivity index (χ2n) is 8.74. The zero-order chi connectivity index (χ0) is 18.1. The largest absolute Gasteiger partial charge is 0.261 e. The normalized spacial score (nSPS) is 27.6. The van der Waals surface area contributed by atoms with Crippen LogP contribution in [0, 0.1) is 23.7 Å². The van der Waals surface area contributed by atoms with Crippen molar-refractivity contribution < 1.29 is 0 Å². The predicted octanol–water partition coefficient (Wildman–Crippen LogP) is 6.46. The lowest BCUT2D eigenvalue weighted by Gasteiger charge is -2.31. The molecule has 0 radical (unpaired) electrons. The van der Waals surface area contributed by atoms with Crippen molar-refractivity contribution in [2.24, 2.45) is 23.7 Å². The Morgan fingerprint density at radius 1 is 0.741 bits per heavy atom. The molecule has 4 atom stereocenters. The maximum Gasteiger partial charge on any atom is 0.0406 e. The quantitative estimate of drug-likeness (QED) is 0.523. The van der Waals surface area contributed by atoms with E-state index >= 15 is 0 Å². The number of benzene rings is 2. The minimum Gasteiger partial charge on any atom is -0.261 e. The number of hydrogen-bond donors (Lipinski definition) is 0. The van der Waals surface area contributed by atoms with Crippen molar-refractivity contribution in [1.82, 2.24) is 4.98 Å². The Hall–Kier alpha value is -2.15. The summed E-state index contributed by atoms with van der Waals surface area (Å²) < 4.78 is 0. The molecule has 0 bridgehead atoms. The van der Waals surface area contributed by atoms with Gasteiger partial charge in [-0.25, -0.2) is 0 Å². The van der Waals surface area contributed by atoms with Crippen molar-refractivity contribution in [1.29, 1.82) is 0 Å². The van der Waals surface area contributed by atoms with Gasteiger partial charge >= 0.3 is 0 Å². The maximum atomic E-state index is 4.63. The molecule has 27 heavy (non-hydrogen) atoms. The standard InChI is InChI=1S/C26H29N/c1-2-12-24-19(8-1)9-7-10-20(24)16-21-17-22(18-23-11-5-6-15-27-23)26-14-4-3-13-25(21)26/h1-2,5-12,15,21-22,25-26H,3-4,13-14,16-18H2. The van der Waals surface area contributed by atoms with Crippen LogP contribution in [0.5, 0.6) is 0 Å². The van der Waals surface area contributed by atoms with Gasteiger partial charge in [0.05, 0.1) is 0 Å². The minimum absolute atomic E-state index is 0.824. The van der Waals surface area contributed by atoms with Gasteiger partial charge in [0, 0.05) is 11.9 Å². The summed E-state index contributed by atoms with van der Waals surface area (Å²) in [7, 11) is 0. The highest BCUT2D eigenvalue weighted by molar-refractivity contribution is 5.85. The lowest BCUT2D eigenvalue weighted by atomic mass is 9.74. The van der Waals surface area contributed by atoms with E-state index in [1.54, 1.807) is 5.56 Å². The summed E-state index contributed by atoms with van der Waals surface area (Å²) in [5.41, 5.74) is 2.85. The Labute approximate surface area is 162 Å². The molecule has 0 spiro atoms. The second-order valence-corrected chi connectivity index (χ2v) is 8.74. The zero-order valence-corrected chi connectivity index (χ0v) is 16.1. The van der Waals surface area contributed by atoms with Gasteiger partial charge < -0.3 is 0 Å². The molecule has 0 N–H and O–H groups in total. The molecular formula is C26H29N. The summed E-state index contributed by atoms with van der Waals surface area (Å²) in [5, 5.41) is 2.85. The minimum atomic E-state index is 0.824. The fourth-order valence-corrected chi connectivity index (χ4v) is 6.11. The molecule has 3 aromatic rings. The number of aromatic nitrogens is 1. The first-order valence-electron chi connectivity index (χ1n) is 10.7. The van der Waals surface area contributed by atoms with Crippen LogP contribution in [0.3, 0.4) is 0 Å². The summed E-state index contributed by atoms with van der Waals surface area (Å²) >= 11 is 0. The van der Waals surface area contributed by atoms with Crippen LogP contribution in [0.4, 0.5) is 0 Å². The van der Waals surface area contributed by atoms with Crippen LogP contribution >= 0.6 is 0 Å². The van der Waals surface area contributed by atoms with Crippen LogP contribution in [-0.2, 0) is 12.8 Å². The van der Waals surface area contributed by atoms with E-state index in [2.05, 4.69) is 59.6 Å². The fraction of sp³-hybridized carbons (Fsp3) is 0.423. The fourth-order valence-electron chi connectivity index (χ4n) is 6.11. The first-order chi connectivity index (χ1) is 13.4. The van der Waals surface area contributed by atoms with Crippen molar-refractivity contribution >= 4 is 10.8 Å². The van der Waals surface area contributed by atoms with E-state index in [0.717, 1.165) is 23.7 Å². The number of nitrogens with zero attached hydrogens (tertiary/aromatic N) is 1. The van der Waals surface area contributed by atoms with E-state index in [9.17, 15) is 0 Å². The second kappa shape index (κ2) is 7.46. The monoisotopic (exact) mass is 355 g/mol. The number of fused-ring (bicyclic) bond motifs is 2. The van der Waals surface area contributed by atoms with Crippen molar-refractivity contribution in [2.45, 2.75) is 44.9 Å². The molecule has 0 saturated heterocycles. The van der Waals surface area contributed by atoms with Gasteiger partial charge in [0.2, 0.25) is 0 Å². The highest BCUT2D eigenvalue weighted by atomic mass is 14.7. The van der Waals surface area contributed by atoms with Crippen LogP contribution in [0.1, 0.15) is 43.4 Å². The van der Waals surface area contributed by atoms with Crippen molar-refractivity contribution in [3.05, 3.63) is 78.1 Å². The summed E-state index contributed by atoms with van der Waals surface area (Å²) in [4.78, 5) is 4.63. The van der Waals surface area contributed by atoms with Gasteiger partial charge in [0.15, 0.2) is 0 Å². The highest BCUT2D eigenvalue weighted by Crippen LogP contribution is 2.51. The third-order valence-electron chi connectivity index (χ3n) is 7.25. The number of hydrogen-bond acceptors (Lipinski definition) is 1. The molecule has 2 aliphatic carbocycles. The molecule has 1 heterocycles. The molecule has 5 rings (SSSR count). The molecule has 2 saturated carbocycles. The van der Waals surface area contributed by atoms with Gasteiger partial charge in [-0.05, 0) is 84.2 Å². The van der Waals surface area contributed by atoms with E-state index in [1.807, 2.05) is 12.3 Å². The molecule has 1 heteroatoms. The first kappa shape index (κ1) is 17.0. The van der Waals surface area contributed by atoms with Gasteiger partial charge in [0.1, 0.15) is 0 Å². The van der Waals surface area contributed by atoms with Gasteiger partial charge in [-0.3, -0.25) is 4.98 Å². The first-order valence-corrected chi connectivity index (χ1v) is 10.7. The molecule has 2 fully saturated rings. The highest BCUT2D eigenvalue weighted by Gasteiger charge is 2.43. The lowest BCUT2D eigenvalue weighted by molar-refractivity contribution is 0.201. The maximum absolute atomic E-state index is 4.63. The Bertz CT molecular complexity index is 895. The smallest absolute Gasteiger partial charge is 0.0406 e. The van der Waals surface area contributed by atoms with E-state index in [1.165, 1.54) is 61.4 Å². The Morgan fingerprint density at radius 3 is 2.30 bits per heavy atom. The van der Waals surface area contributed by atoms with Crippen LogP contribution in [0.2, 0.25) is 0 Å². The molecule has 1 nitrogen and oxygen atoms in total. The van der Waals surface area contributed by atoms with Crippen LogP contribution < -0.4 is 0 Å².